The fraction of sp³-hybridized carbons (Fsp3) is 0.333. The normalized spacial score (nSPS) is 16.5. The summed E-state index contributed by atoms with van der Waals surface area (Å²) in [5, 5.41) is 5.26. The lowest BCUT2D eigenvalue weighted by molar-refractivity contribution is -0.133. The summed E-state index contributed by atoms with van der Waals surface area (Å²) in [5.74, 6) is -0.442. The predicted molar refractivity (Wildman–Crippen MR) is 128 cm³/mol. The van der Waals surface area contributed by atoms with Crippen LogP contribution in [0.25, 0.3) is 10.6 Å². The average molecular weight is 481 g/mol. The summed E-state index contributed by atoms with van der Waals surface area (Å²) in [5.41, 5.74) is 1.94. The molecule has 5 rings (SSSR count). The fourth-order valence-corrected chi connectivity index (χ4v) is 5.85. The molecule has 1 saturated heterocycles. The van der Waals surface area contributed by atoms with Crippen molar-refractivity contribution in [2.75, 3.05) is 32.7 Å². The van der Waals surface area contributed by atoms with E-state index in [2.05, 4.69) is 21.7 Å². The van der Waals surface area contributed by atoms with Crippen LogP contribution in [0, 0.1) is 0 Å². The lowest BCUT2D eigenvalue weighted by Crippen LogP contribution is -2.48. The van der Waals surface area contributed by atoms with Crippen LogP contribution in [0.4, 0.5) is 0 Å². The van der Waals surface area contributed by atoms with Gasteiger partial charge in [-0.25, -0.2) is 4.98 Å². The molecule has 2 aromatic heterocycles. The number of hydrogen-bond donors (Lipinski definition) is 0. The first-order valence-corrected chi connectivity index (χ1v) is 12.8. The Morgan fingerprint density at radius 3 is 2.33 bits per heavy atom. The maximum absolute atomic E-state index is 12.7. The highest BCUT2D eigenvalue weighted by molar-refractivity contribution is 7.14. The van der Waals surface area contributed by atoms with Crippen molar-refractivity contribution in [3.8, 4) is 10.6 Å². The second-order valence-electron chi connectivity index (χ2n) is 8.17. The molecule has 2 aliphatic heterocycles. The van der Waals surface area contributed by atoms with E-state index in [0.29, 0.717) is 37.1 Å². The van der Waals surface area contributed by atoms with Crippen molar-refractivity contribution < 1.29 is 14.4 Å². The van der Waals surface area contributed by atoms with Gasteiger partial charge in [0.25, 0.3) is 11.8 Å². The van der Waals surface area contributed by atoms with E-state index in [0.717, 1.165) is 30.3 Å². The summed E-state index contributed by atoms with van der Waals surface area (Å²) in [6.07, 6.45) is 0.819. The third-order valence-corrected chi connectivity index (χ3v) is 7.79. The highest BCUT2D eigenvalue weighted by Gasteiger charge is 2.34. The second-order valence-corrected chi connectivity index (χ2v) is 10.1. The molecule has 7 nitrogen and oxygen atoms in total. The van der Waals surface area contributed by atoms with Gasteiger partial charge in [0.05, 0.1) is 28.2 Å². The SMILES string of the molecule is O=C(CCCN1C(=O)c2ccccc2C1=O)N1CCN(Cc2nc(-c3cccs3)cs2)CC1. The van der Waals surface area contributed by atoms with Gasteiger partial charge < -0.3 is 4.90 Å². The molecule has 0 aliphatic carbocycles. The van der Waals surface area contributed by atoms with Crippen LogP contribution >= 0.6 is 22.7 Å². The van der Waals surface area contributed by atoms with Gasteiger partial charge in [-0.3, -0.25) is 24.2 Å². The van der Waals surface area contributed by atoms with Gasteiger partial charge >= 0.3 is 0 Å². The summed E-state index contributed by atoms with van der Waals surface area (Å²) in [6.45, 7) is 4.09. The largest absolute Gasteiger partial charge is 0.340 e. The average Bonchev–Trinajstić information content (AvgIpc) is 3.57. The number of thiazole rings is 1. The van der Waals surface area contributed by atoms with E-state index in [9.17, 15) is 14.4 Å². The van der Waals surface area contributed by atoms with E-state index in [1.54, 1.807) is 46.9 Å². The Labute approximate surface area is 200 Å². The Balaban J connectivity index is 1.06. The number of benzene rings is 1. The van der Waals surface area contributed by atoms with Gasteiger partial charge in [-0.1, -0.05) is 18.2 Å². The third-order valence-electron chi connectivity index (χ3n) is 6.06. The first-order chi connectivity index (χ1) is 16.1. The zero-order valence-corrected chi connectivity index (χ0v) is 19.7. The summed E-state index contributed by atoms with van der Waals surface area (Å²) in [7, 11) is 0. The molecule has 0 atom stereocenters. The summed E-state index contributed by atoms with van der Waals surface area (Å²) < 4.78 is 0. The van der Waals surface area contributed by atoms with E-state index in [1.807, 2.05) is 11.0 Å². The maximum Gasteiger partial charge on any atom is 0.261 e. The molecule has 0 unspecified atom stereocenters. The van der Waals surface area contributed by atoms with Gasteiger partial charge in [-0.15, -0.1) is 22.7 Å². The summed E-state index contributed by atoms with van der Waals surface area (Å²) in [6, 6.07) is 11.0. The molecule has 3 amide bonds. The monoisotopic (exact) mass is 480 g/mol. The van der Waals surface area contributed by atoms with Crippen LogP contribution in [0.3, 0.4) is 0 Å². The number of amides is 3. The molecule has 0 spiro atoms. The van der Waals surface area contributed by atoms with E-state index in [1.165, 1.54) is 9.78 Å². The number of piperazine rings is 1. The second kappa shape index (κ2) is 9.54. The van der Waals surface area contributed by atoms with Gasteiger partial charge in [0.15, 0.2) is 0 Å². The number of carbonyl (C=O) groups is 3. The Morgan fingerprint density at radius 1 is 0.939 bits per heavy atom. The number of rotatable bonds is 7. The lowest BCUT2D eigenvalue weighted by atomic mass is 10.1. The van der Waals surface area contributed by atoms with Crippen LogP contribution in [-0.4, -0.2) is 70.1 Å². The van der Waals surface area contributed by atoms with Gasteiger partial charge in [0.2, 0.25) is 5.91 Å². The van der Waals surface area contributed by atoms with E-state index in [-0.39, 0.29) is 24.3 Å². The fourth-order valence-electron chi connectivity index (χ4n) is 4.26. The highest BCUT2D eigenvalue weighted by atomic mass is 32.1. The number of carbonyl (C=O) groups excluding carboxylic acids is 3. The number of nitrogens with zero attached hydrogens (tertiary/aromatic N) is 4. The predicted octanol–water partition coefficient (Wildman–Crippen LogP) is 3.59. The van der Waals surface area contributed by atoms with Gasteiger partial charge in [-0.05, 0) is 30.0 Å². The molecule has 4 heterocycles. The quantitative estimate of drug-likeness (QED) is 0.483. The van der Waals surface area contributed by atoms with Crippen molar-refractivity contribution >= 4 is 40.4 Å². The van der Waals surface area contributed by atoms with Crippen LogP contribution in [-0.2, 0) is 11.3 Å². The number of aromatic nitrogens is 1. The van der Waals surface area contributed by atoms with Gasteiger partial charge in [-0.2, -0.15) is 0 Å². The zero-order chi connectivity index (χ0) is 22.8. The lowest BCUT2D eigenvalue weighted by Gasteiger charge is -2.34. The molecule has 9 heteroatoms. The Hall–Kier alpha value is -2.88. The topological polar surface area (TPSA) is 73.8 Å². The maximum atomic E-state index is 12.7. The highest BCUT2D eigenvalue weighted by Crippen LogP contribution is 2.27. The van der Waals surface area contributed by atoms with E-state index >= 15 is 0 Å². The van der Waals surface area contributed by atoms with Crippen molar-refractivity contribution in [2.24, 2.45) is 0 Å². The van der Waals surface area contributed by atoms with Crippen molar-refractivity contribution in [2.45, 2.75) is 19.4 Å². The Bertz CT molecular complexity index is 1130. The zero-order valence-electron chi connectivity index (χ0n) is 18.1. The third kappa shape index (κ3) is 4.62. The Kier molecular flexibility index (Phi) is 6.34. The van der Waals surface area contributed by atoms with Crippen LogP contribution in [0.2, 0.25) is 0 Å². The first kappa shape index (κ1) is 21.9. The van der Waals surface area contributed by atoms with Gasteiger partial charge in [0, 0.05) is 44.5 Å². The molecule has 1 aromatic carbocycles. The number of hydrogen-bond acceptors (Lipinski definition) is 7. The van der Waals surface area contributed by atoms with Crippen molar-refractivity contribution in [3.05, 3.63) is 63.3 Å². The number of imide groups is 1. The van der Waals surface area contributed by atoms with Crippen molar-refractivity contribution in [1.82, 2.24) is 19.7 Å². The van der Waals surface area contributed by atoms with Crippen molar-refractivity contribution in [1.29, 1.82) is 0 Å². The van der Waals surface area contributed by atoms with E-state index in [4.69, 9.17) is 4.98 Å². The molecule has 170 valence electrons. The minimum atomic E-state index is -0.263. The molecular weight excluding hydrogens is 456 g/mol. The standard InChI is InChI=1S/C24H24N4O3S2/c29-22(8-3-9-28-23(30)17-5-1-2-6-18(17)24(28)31)27-12-10-26(11-13-27)15-21-25-19(16-33-21)20-7-4-14-32-20/h1-2,4-7,14,16H,3,8-13,15H2. The molecule has 0 saturated carbocycles. The number of fused-ring (bicyclic) bond motifs is 1. The molecule has 0 radical (unpaired) electrons. The molecule has 3 aromatic rings. The molecule has 0 bridgehead atoms. The molecule has 0 N–H and O–H groups in total. The number of thiophene rings is 1. The minimum Gasteiger partial charge on any atom is -0.340 e. The first-order valence-electron chi connectivity index (χ1n) is 11.0. The summed E-state index contributed by atoms with van der Waals surface area (Å²) >= 11 is 3.38. The molecule has 1 fully saturated rings. The molecule has 33 heavy (non-hydrogen) atoms. The minimum absolute atomic E-state index is 0.0838. The van der Waals surface area contributed by atoms with E-state index < -0.39 is 0 Å². The van der Waals surface area contributed by atoms with Crippen molar-refractivity contribution in [3.63, 3.8) is 0 Å². The summed E-state index contributed by atoms with van der Waals surface area (Å²) in [4.78, 5) is 49.0. The van der Waals surface area contributed by atoms with Gasteiger partial charge in [0.1, 0.15) is 5.01 Å². The molecular formula is C24H24N4O3S2. The Morgan fingerprint density at radius 2 is 1.67 bits per heavy atom. The van der Waals surface area contributed by atoms with Crippen LogP contribution in [0.1, 0.15) is 38.6 Å². The van der Waals surface area contributed by atoms with Crippen LogP contribution < -0.4 is 0 Å². The van der Waals surface area contributed by atoms with Crippen LogP contribution in [0.5, 0.6) is 0 Å². The van der Waals surface area contributed by atoms with Crippen LogP contribution in [0.15, 0.2) is 47.2 Å². The smallest absolute Gasteiger partial charge is 0.261 e. The molecule has 2 aliphatic rings.